The molecule has 5 heteroatoms. The van der Waals surface area contributed by atoms with E-state index in [0.717, 1.165) is 34.4 Å². The number of rotatable bonds is 3. The fourth-order valence-corrected chi connectivity index (χ4v) is 3.75. The zero-order valence-electron chi connectivity index (χ0n) is 11.2. The van der Waals surface area contributed by atoms with Crippen molar-refractivity contribution < 1.29 is 4.74 Å². The Morgan fingerprint density at radius 3 is 2.81 bits per heavy atom. The molecule has 0 radical (unpaired) electrons. The molecule has 2 nitrogen and oxygen atoms in total. The van der Waals surface area contributed by atoms with E-state index in [2.05, 4.69) is 28.1 Å². The van der Waals surface area contributed by atoms with Gasteiger partial charge in [-0.1, -0.05) is 45.2 Å². The highest BCUT2D eigenvalue weighted by Gasteiger charge is 2.20. The van der Waals surface area contributed by atoms with Crippen molar-refractivity contribution >= 4 is 39.1 Å². The van der Waals surface area contributed by atoms with Crippen molar-refractivity contribution in [2.75, 3.05) is 6.61 Å². The van der Waals surface area contributed by atoms with Gasteiger partial charge in [0.05, 0.1) is 6.61 Å². The van der Waals surface area contributed by atoms with Crippen LogP contribution in [0.4, 0.5) is 0 Å². The van der Waals surface area contributed by atoms with E-state index in [1.54, 1.807) is 6.07 Å². The minimum absolute atomic E-state index is 0.197. The third-order valence-electron chi connectivity index (χ3n) is 3.63. The second-order valence-electron chi connectivity index (χ2n) is 5.13. The molecule has 3 rings (SSSR count). The van der Waals surface area contributed by atoms with Gasteiger partial charge in [0.2, 0.25) is 0 Å². The van der Waals surface area contributed by atoms with Crippen molar-refractivity contribution in [1.82, 2.24) is 0 Å². The van der Waals surface area contributed by atoms with E-state index in [9.17, 15) is 0 Å². The van der Waals surface area contributed by atoms with Crippen LogP contribution < -0.4 is 10.5 Å². The van der Waals surface area contributed by atoms with Crippen molar-refractivity contribution in [2.24, 2.45) is 5.73 Å². The highest BCUT2D eigenvalue weighted by atomic mass is 79.9. The summed E-state index contributed by atoms with van der Waals surface area (Å²) >= 11 is 15.7. The van der Waals surface area contributed by atoms with Gasteiger partial charge in [0.25, 0.3) is 0 Å². The molecule has 0 fully saturated rings. The van der Waals surface area contributed by atoms with E-state index in [-0.39, 0.29) is 6.04 Å². The summed E-state index contributed by atoms with van der Waals surface area (Å²) < 4.78 is 6.79. The average molecular weight is 387 g/mol. The fraction of sp³-hybridized carbons (Fsp3) is 0.250. The number of halogens is 3. The summed E-state index contributed by atoms with van der Waals surface area (Å²) in [6.07, 6.45) is 1.61. The van der Waals surface area contributed by atoms with E-state index in [1.165, 1.54) is 5.56 Å². The van der Waals surface area contributed by atoms with Crippen LogP contribution in [0, 0.1) is 0 Å². The molecule has 2 aromatic rings. The number of fused-ring (bicyclic) bond motifs is 1. The molecule has 2 aromatic carbocycles. The van der Waals surface area contributed by atoms with Gasteiger partial charge in [-0.2, -0.15) is 0 Å². The molecule has 0 spiro atoms. The molecule has 0 saturated carbocycles. The minimum Gasteiger partial charge on any atom is -0.493 e. The molecule has 1 atom stereocenters. The zero-order valence-corrected chi connectivity index (χ0v) is 14.3. The van der Waals surface area contributed by atoms with Crippen LogP contribution in [0.25, 0.3) is 0 Å². The number of nitrogens with two attached hydrogens (primary N) is 1. The minimum atomic E-state index is -0.197. The zero-order chi connectivity index (χ0) is 15.0. The van der Waals surface area contributed by atoms with E-state index in [1.807, 2.05) is 12.1 Å². The van der Waals surface area contributed by atoms with Gasteiger partial charge >= 0.3 is 0 Å². The number of hydrogen-bond acceptors (Lipinski definition) is 2. The summed E-state index contributed by atoms with van der Waals surface area (Å²) in [5.41, 5.74) is 9.56. The third-order valence-corrected chi connectivity index (χ3v) is 4.65. The average Bonchev–Trinajstić information content (AvgIpc) is 2.86. The highest BCUT2D eigenvalue weighted by Crippen LogP contribution is 2.36. The van der Waals surface area contributed by atoms with Crippen molar-refractivity contribution in [3.8, 4) is 5.75 Å². The summed E-state index contributed by atoms with van der Waals surface area (Å²) in [5, 5.41) is 1.21. The Kier molecular flexibility index (Phi) is 4.46. The topological polar surface area (TPSA) is 35.2 Å². The third kappa shape index (κ3) is 3.21. The molecule has 1 heterocycles. The van der Waals surface area contributed by atoms with Crippen molar-refractivity contribution in [3.63, 3.8) is 0 Å². The van der Waals surface area contributed by atoms with Gasteiger partial charge in [-0.05, 0) is 47.4 Å². The Bertz CT molecular complexity index is 690. The second kappa shape index (κ2) is 6.17. The van der Waals surface area contributed by atoms with Crippen molar-refractivity contribution in [2.45, 2.75) is 18.9 Å². The Balaban J connectivity index is 1.90. The molecule has 1 aliphatic rings. The van der Waals surface area contributed by atoms with E-state index in [4.69, 9.17) is 33.7 Å². The fourth-order valence-electron chi connectivity index (χ4n) is 2.65. The first kappa shape index (κ1) is 15.2. The Labute approximate surface area is 142 Å². The predicted octanol–water partition coefficient (Wildman–Crippen LogP) is 4.93. The maximum Gasteiger partial charge on any atom is 0.125 e. The molecule has 0 saturated heterocycles. The van der Waals surface area contributed by atoms with E-state index < -0.39 is 0 Å². The number of hydrogen-bond donors (Lipinski definition) is 1. The quantitative estimate of drug-likeness (QED) is 0.811. The SMILES string of the molecule is NC(Cc1cc(Br)cc2c1OCC2)c1ccc(Cl)cc1Cl. The molecule has 0 aromatic heterocycles. The lowest BCUT2D eigenvalue weighted by Gasteiger charge is -2.16. The lowest BCUT2D eigenvalue weighted by Crippen LogP contribution is -2.14. The molecule has 0 aliphatic carbocycles. The first-order chi connectivity index (χ1) is 10.0. The van der Waals surface area contributed by atoms with Crippen LogP contribution in [0.3, 0.4) is 0 Å². The molecule has 0 amide bonds. The lowest BCUT2D eigenvalue weighted by molar-refractivity contribution is 0.352. The van der Waals surface area contributed by atoms with Crippen LogP contribution in [0.15, 0.2) is 34.8 Å². The predicted molar refractivity (Wildman–Crippen MR) is 90.4 cm³/mol. The van der Waals surface area contributed by atoms with Crippen molar-refractivity contribution in [1.29, 1.82) is 0 Å². The van der Waals surface area contributed by atoms with Crippen LogP contribution in [0.5, 0.6) is 5.75 Å². The summed E-state index contributed by atoms with van der Waals surface area (Å²) in [4.78, 5) is 0. The van der Waals surface area contributed by atoms with Gasteiger partial charge in [-0.3, -0.25) is 0 Å². The Morgan fingerprint density at radius 1 is 1.24 bits per heavy atom. The summed E-state index contributed by atoms with van der Waals surface area (Å²) in [7, 11) is 0. The van der Waals surface area contributed by atoms with Crippen molar-refractivity contribution in [3.05, 3.63) is 61.5 Å². The van der Waals surface area contributed by atoms with Gasteiger partial charge in [-0.25, -0.2) is 0 Å². The maximum atomic E-state index is 6.32. The van der Waals surface area contributed by atoms with Gasteiger partial charge in [0.15, 0.2) is 0 Å². The highest BCUT2D eigenvalue weighted by molar-refractivity contribution is 9.10. The van der Waals surface area contributed by atoms with Crippen LogP contribution in [0.1, 0.15) is 22.7 Å². The van der Waals surface area contributed by atoms with E-state index >= 15 is 0 Å². The molecule has 110 valence electrons. The Hall–Kier alpha value is -0.740. The van der Waals surface area contributed by atoms with E-state index in [0.29, 0.717) is 16.5 Å². The molecule has 2 N–H and O–H groups in total. The smallest absolute Gasteiger partial charge is 0.125 e. The van der Waals surface area contributed by atoms with Gasteiger partial charge in [-0.15, -0.1) is 0 Å². The van der Waals surface area contributed by atoms with Crippen LogP contribution in [-0.2, 0) is 12.8 Å². The monoisotopic (exact) mass is 385 g/mol. The standard InChI is InChI=1S/C16H14BrCl2NO/c17-11-5-9-3-4-21-16(9)10(6-11)7-15(20)13-2-1-12(18)8-14(13)19/h1-2,5-6,8,15H,3-4,7,20H2. The van der Waals surface area contributed by atoms with Gasteiger partial charge in [0.1, 0.15) is 5.75 Å². The molecule has 21 heavy (non-hydrogen) atoms. The molecule has 0 bridgehead atoms. The normalized spacial score (nSPS) is 14.7. The van der Waals surface area contributed by atoms with Crippen LogP contribution in [0.2, 0.25) is 10.0 Å². The molecule has 1 unspecified atom stereocenters. The lowest BCUT2D eigenvalue weighted by atomic mass is 9.97. The molecule has 1 aliphatic heterocycles. The first-order valence-electron chi connectivity index (χ1n) is 6.69. The number of benzene rings is 2. The summed E-state index contributed by atoms with van der Waals surface area (Å²) in [6, 6.07) is 9.39. The number of ether oxygens (including phenoxy) is 1. The Morgan fingerprint density at radius 2 is 2.05 bits per heavy atom. The first-order valence-corrected chi connectivity index (χ1v) is 8.24. The summed E-state index contributed by atoms with van der Waals surface area (Å²) in [5.74, 6) is 0.971. The maximum absolute atomic E-state index is 6.32. The largest absolute Gasteiger partial charge is 0.493 e. The molecular formula is C16H14BrCl2NO. The van der Waals surface area contributed by atoms with Crippen LogP contribution >= 0.6 is 39.1 Å². The van der Waals surface area contributed by atoms with Gasteiger partial charge in [0, 0.05) is 27.0 Å². The van der Waals surface area contributed by atoms with Crippen LogP contribution in [-0.4, -0.2) is 6.61 Å². The van der Waals surface area contributed by atoms with Gasteiger partial charge < -0.3 is 10.5 Å². The molecular weight excluding hydrogens is 373 g/mol. The summed E-state index contributed by atoms with van der Waals surface area (Å²) in [6.45, 7) is 0.732. The second-order valence-corrected chi connectivity index (χ2v) is 6.89.